The Hall–Kier alpha value is -1.40. The van der Waals surface area contributed by atoms with E-state index < -0.39 is 28.5 Å². The van der Waals surface area contributed by atoms with Crippen molar-refractivity contribution in [3.63, 3.8) is 0 Å². The number of nitrogens with one attached hydrogen (secondary N) is 1. The van der Waals surface area contributed by atoms with Gasteiger partial charge >= 0.3 is 0 Å². The SMILES string of the molecule is CC(Sc1ccccc1Br)C(=O)Nc1c(F)cccc1F. The summed E-state index contributed by atoms with van der Waals surface area (Å²) in [7, 11) is 0. The fraction of sp³-hybridized carbons (Fsp3) is 0.133. The first-order chi connectivity index (χ1) is 9.99. The van der Waals surface area contributed by atoms with Gasteiger partial charge < -0.3 is 5.32 Å². The number of thioether (sulfide) groups is 1. The molecule has 0 saturated heterocycles. The van der Waals surface area contributed by atoms with Crippen LogP contribution in [0.2, 0.25) is 0 Å². The normalized spacial score (nSPS) is 12.0. The maximum absolute atomic E-state index is 13.5. The number of carbonyl (C=O) groups excluding carboxylic acids is 1. The summed E-state index contributed by atoms with van der Waals surface area (Å²) in [5.74, 6) is -2.04. The van der Waals surface area contributed by atoms with E-state index in [9.17, 15) is 13.6 Å². The van der Waals surface area contributed by atoms with Gasteiger partial charge in [-0.15, -0.1) is 11.8 Å². The van der Waals surface area contributed by atoms with Crippen molar-refractivity contribution in [1.82, 2.24) is 0 Å². The molecule has 0 bridgehead atoms. The van der Waals surface area contributed by atoms with Gasteiger partial charge in [-0.05, 0) is 47.1 Å². The lowest BCUT2D eigenvalue weighted by molar-refractivity contribution is -0.115. The molecular formula is C15H12BrF2NOS. The lowest BCUT2D eigenvalue weighted by Gasteiger charge is -2.13. The molecule has 0 aliphatic heterocycles. The molecule has 1 N–H and O–H groups in total. The molecule has 2 aromatic rings. The Morgan fingerprint density at radius 3 is 2.38 bits per heavy atom. The zero-order valence-corrected chi connectivity index (χ0v) is 13.5. The summed E-state index contributed by atoms with van der Waals surface area (Å²) in [6, 6.07) is 10.9. The highest BCUT2D eigenvalue weighted by Gasteiger charge is 2.19. The van der Waals surface area contributed by atoms with E-state index >= 15 is 0 Å². The summed E-state index contributed by atoms with van der Waals surface area (Å²) in [5, 5.41) is 1.80. The first-order valence-electron chi connectivity index (χ1n) is 6.15. The highest BCUT2D eigenvalue weighted by atomic mass is 79.9. The summed E-state index contributed by atoms with van der Waals surface area (Å²) in [6.45, 7) is 1.68. The maximum atomic E-state index is 13.5. The molecule has 0 heterocycles. The Balaban J connectivity index is 2.08. The Morgan fingerprint density at radius 2 is 1.76 bits per heavy atom. The highest BCUT2D eigenvalue weighted by Crippen LogP contribution is 2.31. The predicted octanol–water partition coefficient (Wildman–Crippen LogP) is 4.85. The van der Waals surface area contributed by atoms with Crippen molar-refractivity contribution < 1.29 is 13.6 Å². The second-order valence-electron chi connectivity index (χ2n) is 4.28. The fourth-order valence-corrected chi connectivity index (χ4v) is 3.08. The summed E-state index contributed by atoms with van der Waals surface area (Å²) in [6.07, 6.45) is 0. The summed E-state index contributed by atoms with van der Waals surface area (Å²) < 4.78 is 27.9. The molecule has 0 fully saturated rings. The number of hydrogen-bond donors (Lipinski definition) is 1. The summed E-state index contributed by atoms with van der Waals surface area (Å²) in [4.78, 5) is 12.9. The molecule has 1 atom stereocenters. The van der Waals surface area contributed by atoms with Crippen molar-refractivity contribution in [2.75, 3.05) is 5.32 Å². The number of anilines is 1. The zero-order chi connectivity index (χ0) is 15.4. The standard InChI is InChI=1S/C15H12BrF2NOS/c1-9(21-13-8-3-2-5-10(13)16)15(20)19-14-11(17)6-4-7-12(14)18/h2-9H,1H3,(H,19,20). The average molecular weight is 372 g/mol. The van der Waals surface area contributed by atoms with Crippen molar-refractivity contribution in [3.8, 4) is 0 Å². The third kappa shape index (κ3) is 4.04. The third-order valence-corrected chi connectivity index (χ3v) is 4.85. The van der Waals surface area contributed by atoms with E-state index in [1.165, 1.54) is 17.8 Å². The van der Waals surface area contributed by atoms with Crippen LogP contribution in [-0.2, 0) is 4.79 Å². The third-order valence-electron chi connectivity index (χ3n) is 2.72. The Bertz CT molecular complexity index is 646. The smallest absolute Gasteiger partial charge is 0.237 e. The second kappa shape index (κ2) is 7.04. The molecule has 2 nitrogen and oxygen atoms in total. The van der Waals surface area contributed by atoms with Crippen LogP contribution in [0.1, 0.15) is 6.92 Å². The largest absolute Gasteiger partial charge is 0.320 e. The van der Waals surface area contributed by atoms with Gasteiger partial charge in [0.1, 0.15) is 17.3 Å². The summed E-state index contributed by atoms with van der Waals surface area (Å²) in [5.41, 5.74) is -0.415. The molecule has 2 rings (SSSR count). The molecule has 0 aliphatic rings. The monoisotopic (exact) mass is 371 g/mol. The van der Waals surface area contributed by atoms with E-state index in [-0.39, 0.29) is 0 Å². The number of hydrogen-bond acceptors (Lipinski definition) is 2. The molecule has 0 aromatic heterocycles. The van der Waals surface area contributed by atoms with E-state index in [4.69, 9.17) is 0 Å². The second-order valence-corrected chi connectivity index (χ2v) is 6.51. The fourth-order valence-electron chi connectivity index (χ4n) is 1.63. The molecule has 0 spiro atoms. The van der Waals surface area contributed by atoms with Gasteiger partial charge in [0.15, 0.2) is 0 Å². The van der Waals surface area contributed by atoms with E-state index in [2.05, 4.69) is 21.2 Å². The first kappa shape index (κ1) is 16.0. The molecular weight excluding hydrogens is 360 g/mol. The van der Waals surface area contributed by atoms with Gasteiger partial charge in [-0.3, -0.25) is 4.79 Å². The zero-order valence-electron chi connectivity index (χ0n) is 11.1. The lowest BCUT2D eigenvalue weighted by Crippen LogP contribution is -2.23. The number of rotatable bonds is 4. The van der Waals surface area contributed by atoms with Crippen molar-refractivity contribution in [2.45, 2.75) is 17.1 Å². The van der Waals surface area contributed by atoms with Crippen LogP contribution in [0.5, 0.6) is 0 Å². The van der Waals surface area contributed by atoms with Crippen LogP contribution in [-0.4, -0.2) is 11.2 Å². The van der Waals surface area contributed by atoms with Gasteiger partial charge in [0, 0.05) is 9.37 Å². The molecule has 21 heavy (non-hydrogen) atoms. The minimum absolute atomic E-state index is 0.415. The van der Waals surface area contributed by atoms with Crippen LogP contribution < -0.4 is 5.32 Å². The van der Waals surface area contributed by atoms with Gasteiger partial charge in [-0.2, -0.15) is 0 Å². The summed E-state index contributed by atoms with van der Waals surface area (Å²) >= 11 is 4.70. The molecule has 1 unspecified atom stereocenters. The van der Waals surface area contributed by atoms with Gasteiger partial charge in [-0.1, -0.05) is 18.2 Å². The minimum Gasteiger partial charge on any atom is -0.320 e. The van der Waals surface area contributed by atoms with Crippen LogP contribution in [0.25, 0.3) is 0 Å². The molecule has 0 aliphatic carbocycles. The Morgan fingerprint density at radius 1 is 1.14 bits per heavy atom. The van der Waals surface area contributed by atoms with Crippen LogP contribution in [0, 0.1) is 11.6 Å². The highest BCUT2D eigenvalue weighted by molar-refractivity contribution is 9.10. The minimum atomic E-state index is -0.790. The van der Waals surface area contributed by atoms with Gasteiger partial charge in [-0.25, -0.2) is 8.78 Å². The Labute approximate surface area is 134 Å². The number of carbonyl (C=O) groups is 1. The van der Waals surface area contributed by atoms with Gasteiger partial charge in [0.05, 0.1) is 5.25 Å². The van der Waals surface area contributed by atoms with E-state index in [0.29, 0.717) is 0 Å². The van der Waals surface area contributed by atoms with Crippen LogP contribution in [0.3, 0.4) is 0 Å². The predicted molar refractivity (Wildman–Crippen MR) is 84.4 cm³/mol. The molecule has 2 aromatic carbocycles. The Kier molecular flexibility index (Phi) is 5.36. The lowest BCUT2D eigenvalue weighted by atomic mass is 10.3. The van der Waals surface area contributed by atoms with E-state index in [1.54, 1.807) is 6.92 Å². The van der Waals surface area contributed by atoms with Crippen molar-refractivity contribution >= 4 is 39.3 Å². The van der Waals surface area contributed by atoms with Gasteiger partial charge in [0.25, 0.3) is 0 Å². The topological polar surface area (TPSA) is 29.1 Å². The number of benzene rings is 2. The molecule has 0 saturated carbocycles. The van der Waals surface area contributed by atoms with E-state index in [0.717, 1.165) is 21.5 Å². The van der Waals surface area contributed by atoms with Crippen LogP contribution in [0.15, 0.2) is 51.8 Å². The molecule has 0 radical (unpaired) electrons. The quantitative estimate of drug-likeness (QED) is 0.778. The number of para-hydroxylation sites is 1. The molecule has 1 amide bonds. The van der Waals surface area contributed by atoms with Gasteiger partial charge in [0.2, 0.25) is 5.91 Å². The number of amides is 1. The number of halogens is 3. The van der Waals surface area contributed by atoms with Crippen molar-refractivity contribution in [3.05, 3.63) is 58.6 Å². The van der Waals surface area contributed by atoms with Crippen LogP contribution in [0.4, 0.5) is 14.5 Å². The first-order valence-corrected chi connectivity index (χ1v) is 7.82. The van der Waals surface area contributed by atoms with E-state index in [1.807, 2.05) is 24.3 Å². The molecule has 6 heteroatoms. The van der Waals surface area contributed by atoms with Crippen molar-refractivity contribution in [1.29, 1.82) is 0 Å². The average Bonchev–Trinajstić information content (AvgIpc) is 2.45. The van der Waals surface area contributed by atoms with Crippen LogP contribution >= 0.6 is 27.7 Å². The maximum Gasteiger partial charge on any atom is 0.237 e. The van der Waals surface area contributed by atoms with Crippen molar-refractivity contribution in [2.24, 2.45) is 0 Å². The molecule has 110 valence electrons.